The molecule has 330 valence electrons. The fourth-order valence-corrected chi connectivity index (χ4v) is 9.40. The molecule has 2 aliphatic rings. The molecule has 2 saturated heterocycles. The summed E-state index contributed by atoms with van der Waals surface area (Å²) in [7, 11) is 1.64. The highest BCUT2D eigenvalue weighted by Gasteiger charge is 2.27. The molecule has 0 aliphatic carbocycles. The third kappa shape index (κ3) is 12.5. The first-order chi connectivity index (χ1) is 30.4. The van der Waals surface area contributed by atoms with Gasteiger partial charge in [0.15, 0.2) is 27.4 Å². The first kappa shape index (κ1) is 46.8. The summed E-state index contributed by atoms with van der Waals surface area (Å²) in [5.41, 5.74) is 1.81. The zero-order chi connectivity index (χ0) is 44.5. The minimum absolute atomic E-state index is 0.00940. The number of piperazine rings is 2. The Morgan fingerprint density at radius 2 is 1.33 bits per heavy atom. The second-order valence-corrected chi connectivity index (χ2v) is 18.7. The minimum Gasteiger partial charge on any atom is -0.364 e. The quantitative estimate of drug-likeness (QED) is 0.135. The summed E-state index contributed by atoms with van der Waals surface area (Å²) in [5, 5.41) is 7.75. The first-order valence-corrected chi connectivity index (χ1v) is 23.6. The molecule has 2 amide bonds. The summed E-state index contributed by atoms with van der Waals surface area (Å²) in [6.07, 6.45) is 3.66. The van der Waals surface area contributed by atoms with Crippen LogP contribution in [0, 0.1) is 11.6 Å². The van der Waals surface area contributed by atoms with Gasteiger partial charge in [0.05, 0.1) is 32.6 Å². The van der Waals surface area contributed by atoms with Gasteiger partial charge in [-0.1, -0.05) is 67.2 Å². The van der Waals surface area contributed by atoms with Crippen LogP contribution in [0.25, 0.3) is 0 Å². The van der Waals surface area contributed by atoms with Crippen molar-refractivity contribution in [3.8, 4) is 0 Å². The molecule has 0 unspecified atom stereocenters. The van der Waals surface area contributed by atoms with Gasteiger partial charge in [-0.15, -0.1) is 22.7 Å². The van der Waals surface area contributed by atoms with Crippen LogP contribution in [-0.4, -0.2) is 110 Å². The molecule has 0 saturated carbocycles. The fraction of sp³-hybridized carbons (Fsp3) is 0.286. The Hall–Kier alpha value is -4.18. The zero-order valence-corrected chi connectivity index (χ0v) is 40.0. The lowest BCUT2D eigenvalue weighted by Gasteiger charge is -2.34. The van der Waals surface area contributed by atoms with E-state index in [4.69, 9.17) is 32.9 Å². The molecule has 63 heavy (non-hydrogen) atoms. The number of halogens is 6. The summed E-state index contributed by atoms with van der Waals surface area (Å²) in [6.45, 7) is 6.41. The number of amides is 2. The van der Waals surface area contributed by atoms with Gasteiger partial charge in [-0.05, 0) is 48.5 Å². The van der Waals surface area contributed by atoms with Crippen molar-refractivity contribution < 1.29 is 23.1 Å². The number of nitrogens with zero attached hydrogens (tertiary/aromatic N) is 9. The minimum atomic E-state index is -0.668. The van der Waals surface area contributed by atoms with Gasteiger partial charge in [-0.2, -0.15) is 0 Å². The summed E-state index contributed by atoms with van der Waals surface area (Å²) < 4.78 is 37.3. The van der Waals surface area contributed by atoms with Crippen LogP contribution in [-0.2, 0) is 24.6 Å². The molecular formula is C42H40Br2Cl2F2N10O3S2. The van der Waals surface area contributed by atoms with E-state index in [1.165, 1.54) is 46.9 Å². The predicted octanol–water partition coefficient (Wildman–Crippen LogP) is 9.09. The average molecular weight is 1070 g/mol. The maximum absolute atomic E-state index is 14.2. The van der Waals surface area contributed by atoms with Gasteiger partial charge in [0.2, 0.25) is 0 Å². The van der Waals surface area contributed by atoms with Crippen LogP contribution in [0.3, 0.4) is 0 Å². The first-order valence-electron chi connectivity index (χ1n) is 19.5. The number of carbonyl (C=O) groups is 2. The number of methoxy groups -OCH3 is 1. The van der Waals surface area contributed by atoms with Crippen LogP contribution in [0.4, 0.5) is 25.5 Å². The van der Waals surface area contributed by atoms with Gasteiger partial charge >= 0.3 is 0 Å². The highest BCUT2D eigenvalue weighted by Crippen LogP contribution is 2.25. The Kier molecular flexibility index (Phi) is 16.4. The number of ether oxygens (including phenoxy) is 1. The van der Waals surface area contributed by atoms with Gasteiger partial charge in [-0.3, -0.25) is 24.0 Å². The lowest BCUT2D eigenvalue weighted by atomic mass is 10.1. The van der Waals surface area contributed by atoms with Crippen molar-refractivity contribution in [2.75, 3.05) is 64.8 Å². The largest absolute Gasteiger partial charge is 0.364 e. The molecule has 13 nitrogen and oxygen atoms in total. The molecule has 21 heteroatoms. The van der Waals surface area contributed by atoms with Crippen molar-refractivity contribution in [2.24, 2.45) is 4.99 Å². The Balaban J connectivity index is 0.000000190. The van der Waals surface area contributed by atoms with E-state index in [2.05, 4.69) is 61.9 Å². The number of hydrogen-bond donors (Lipinski definition) is 1. The lowest BCUT2D eigenvalue weighted by Crippen LogP contribution is -2.48. The second-order valence-electron chi connectivity index (χ2n) is 14.3. The smallest absolute Gasteiger partial charge is 0.256 e. The third-order valence-corrected chi connectivity index (χ3v) is 12.9. The number of benzene rings is 2. The van der Waals surface area contributed by atoms with Crippen LogP contribution in [0.15, 0.2) is 97.8 Å². The van der Waals surface area contributed by atoms with Crippen molar-refractivity contribution >= 4 is 106 Å². The summed E-state index contributed by atoms with van der Waals surface area (Å²) in [5.74, 6) is -0.665. The van der Waals surface area contributed by atoms with Crippen molar-refractivity contribution in [3.05, 3.63) is 142 Å². The number of aromatic nitrogens is 4. The SMILES string of the molecule is COCn1ccsc1=Nc1cc(Br)cc(CN2CCN(C(=O)c3cccc(Cl)c3F)CC2)n1.O=C(c1cccc(Cl)c1F)N1CCN(Cc2cc(Br)cc(Nc3nccs3)n2)CC1. The molecule has 2 fully saturated rings. The maximum atomic E-state index is 14.2. The lowest BCUT2D eigenvalue weighted by molar-refractivity contribution is 0.0615. The van der Waals surface area contributed by atoms with E-state index in [1.54, 1.807) is 35.2 Å². The van der Waals surface area contributed by atoms with Crippen LogP contribution in [0.1, 0.15) is 32.1 Å². The number of anilines is 2. The number of hydrogen-bond acceptors (Lipinski definition) is 12. The molecule has 1 N–H and O–H groups in total. The Morgan fingerprint density at radius 1 is 0.778 bits per heavy atom. The Labute approximate surface area is 397 Å². The highest BCUT2D eigenvalue weighted by molar-refractivity contribution is 9.10. The maximum Gasteiger partial charge on any atom is 0.256 e. The van der Waals surface area contributed by atoms with E-state index in [0.717, 1.165) is 36.1 Å². The monoisotopic (exact) mass is 1060 g/mol. The number of thiazole rings is 2. The molecule has 0 spiro atoms. The van der Waals surface area contributed by atoms with Gasteiger partial charge in [0.1, 0.15) is 12.5 Å². The van der Waals surface area contributed by atoms with Crippen LogP contribution in [0.2, 0.25) is 10.0 Å². The molecule has 0 atom stereocenters. The van der Waals surface area contributed by atoms with Crippen molar-refractivity contribution in [2.45, 2.75) is 19.8 Å². The number of carbonyl (C=O) groups excluding carboxylic acids is 2. The van der Waals surface area contributed by atoms with E-state index < -0.39 is 11.6 Å². The molecule has 6 aromatic rings. The normalized spacial score (nSPS) is 15.0. The van der Waals surface area contributed by atoms with Gasteiger partial charge in [0.25, 0.3) is 11.8 Å². The van der Waals surface area contributed by atoms with E-state index in [1.807, 2.05) is 45.8 Å². The van der Waals surface area contributed by atoms with Crippen LogP contribution in [0.5, 0.6) is 0 Å². The van der Waals surface area contributed by atoms with Crippen LogP contribution >= 0.6 is 77.7 Å². The van der Waals surface area contributed by atoms with E-state index in [-0.39, 0.29) is 33.0 Å². The van der Waals surface area contributed by atoms with Crippen molar-refractivity contribution in [1.82, 2.24) is 39.1 Å². The van der Waals surface area contributed by atoms with Crippen molar-refractivity contribution in [3.63, 3.8) is 0 Å². The molecule has 2 aromatic carbocycles. The Morgan fingerprint density at radius 3 is 1.87 bits per heavy atom. The Bertz CT molecular complexity index is 2610. The van der Waals surface area contributed by atoms with Gasteiger partial charge < -0.3 is 19.9 Å². The topological polar surface area (TPSA) is 124 Å². The molecule has 6 heterocycles. The summed E-state index contributed by atoms with van der Waals surface area (Å²) >= 11 is 21.7. The number of rotatable bonds is 11. The highest BCUT2D eigenvalue weighted by atomic mass is 79.9. The van der Waals surface area contributed by atoms with E-state index in [0.29, 0.717) is 78.0 Å². The predicted molar refractivity (Wildman–Crippen MR) is 249 cm³/mol. The molecule has 2 aliphatic heterocycles. The van der Waals surface area contributed by atoms with Crippen LogP contribution < -0.4 is 10.1 Å². The average Bonchev–Trinajstić information content (AvgIpc) is 3.95. The zero-order valence-electron chi connectivity index (χ0n) is 33.7. The molecule has 0 bridgehead atoms. The summed E-state index contributed by atoms with van der Waals surface area (Å²) in [4.78, 5) is 52.2. The number of pyridine rings is 2. The second kappa shape index (κ2) is 22.1. The van der Waals surface area contributed by atoms with Crippen molar-refractivity contribution in [1.29, 1.82) is 0 Å². The molecular weight excluding hydrogens is 1030 g/mol. The number of nitrogens with one attached hydrogen (secondary N) is 1. The molecule has 8 rings (SSSR count). The van der Waals surface area contributed by atoms with E-state index in [9.17, 15) is 18.4 Å². The van der Waals surface area contributed by atoms with Gasteiger partial charge in [0, 0.05) is 105 Å². The van der Waals surface area contributed by atoms with E-state index >= 15 is 0 Å². The fourth-order valence-electron chi connectivity index (χ4n) is 6.84. The molecule has 4 aromatic heterocycles. The molecule has 0 radical (unpaired) electrons. The third-order valence-electron chi connectivity index (χ3n) is 9.93. The standard InChI is InChI=1S/C22H22BrClFN5O2S.C20H18BrClFN5OS/c1-32-14-30-9-10-33-22(30)27-19-12-15(23)11-16(26-19)13-28-5-7-29(8-6-28)21(31)17-3-2-4-18(24)20(17)25;21-13-10-14(25-17(11-13)26-20-24-4-9-30-20)12-27-5-7-28(8-6-27)19(29)15-2-1-3-16(22)18(15)23/h2-4,9-12H,5-8,13-14H2,1H3;1-4,9-11H,5-8,12H2,(H,24,25,26). The van der Waals surface area contributed by atoms with Gasteiger partial charge in [-0.25, -0.2) is 28.7 Å². The summed E-state index contributed by atoms with van der Waals surface area (Å²) in [6, 6.07) is 16.7.